The van der Waals surface area contributed by atoms with Crippen molar-refractivity contribution < 1.29 is 0 Å². The lowest BCUT2D eigenvalue weighted by Crippen LogP contribution is -2.02. The third-order valence-electron chi connectivity index (χ3n) is 2.94. The number of hydrogen-bond acceptors (Lipinski definition) is 3. The number of nitrogens with two attached hydrogens (primary N) is 1. The van der Waals surface area contributed by atoms with Crippen LogP contribution in [0.2, 0.25) is 0 Å². The first-order valence-corrected chi connectivity index (χ1v) is 6.32. The molecule has 1 heterocycles. The van der Waals surface area contributed by atoms with Crippen LogP contribution in [0.3, 0.4) is 0 Å². The molecule has 2 N–H and O–H groups in total. The molecule has 96 valence electrons. The van der Waals surface area contributed by atoms with Gasteiger partial charge in [-0.25, -0.2) is 9.67 Å². The van der Waals surface area contributed by atoms with Crippen LogP contribution < -0.4 is 5.73 Å². The molecule has 1 aromatic carbocycles. The lowest BCUT2D eigenvalue weighted by molar-refractivity contribution is 0.712. The Balaban J connectivity index is 2.30. The quantitative estimate of drug-likeness (QED) is 0.896. The van der Waals surface area contributed by atoms with Crippen molar-refractivity contribution in [1.82, 2.24) is 14.8 Å². The maximum Gasteiger partial charge on any atom is 0.158 e. The van der Waals surface area contributed by atoms with Crippen LogP contribution in [0.25, 0.3) is 11.4 Å². The molecule has 0 unspecified atom stereocenters. The summed E-state index contributed by atoms with van der Waals surface area (Å²) in [5.74, 6) is 2.15. The van der Waals surface area contributed by atoms with Crippen LogP contribution in [-0.4, -0.2) is 21.3 Å². The lowest BCUT2D eigenvalue weighted by Gasteiger charge is -2.02. The summed E-state index contributed by atoms with van der Waals surface area (Å²) in [5, 5.41) is 4.43. The standard InChI is InChI=1S/C14H20N4/c1-10(2)13-16-14(18(3)17-13)12-6-4-11(5-7-12)8-9-15/h4-7,10H,8-9,15H2,1-3H3. The molecule has 0 aliphatic rings. The van der Waals surface area contributed by atoms with E-state index in [4.69, 9.17) is 5.73 Å². The van der Waals surface area contributed by atoms with Crippen LogP contribution in [0.5, 0.6) is 0 Å². The number of nitrogens with zero attached hydrogens (tertiary/aromatic N) is 3. The van der Waals surface area contributed by atoms with E-state index in [0.29, 0.717) is 12.5 Å². The average Bonchev–Trinajstić information content (AvgIpc) is 2.73. The topological polar surface area (TPSA) is 56.7 Å². The van der Waals surface area contributed by atoms with Gasteiger partial charge in [-0.1, -0.05) is 38.1 Å². The number of aromatic nitrogens is 3. The summed E-state index contributed by atoms with van der Waals surface area (Å²) in [5.41, 5.74) is 7.90. The first kappa shape index (κ1) is 12.8. The van der Waals surface area contributed by atoms with Crippen LogP contribution >= 0.6 is 0 Å². The highest BCUT2D eigenvalue weighted by molar-refractivity contribution is 5.55. The fourth-order valence-corrected chi connectivity index (χ4v) is 1.89. The second-order valence-electron chi connectivity index (χ2n) is 4.81. The SMILES string of the molecule is CC(C)c1nc(-c2ccc(CCN)cc2)n(C)n1. The fourth-order valence-electron chi connectivity index (χ4n) is 1.89. The summed E-state index contributed by atoms with van der Waals surface area (Å²) in [6.45, 7) is 4.88. The number of hydrogen-bond donors (Lipinski definition) is 1. The molecule has 0 amide bonds. The van der Waals surface area contributed by atoms with Crippen LogP contribution in [0.15, 0.2) is 24.3 Å². The van der Waals surface area contributed by atoms with Gasteiger partial charge in [-0.3, -0.25) is 0 Å². The van der Waals surface area contributed by atoms with Gasteiger partial charge in [0.1, 0.15) is 0 Å². The number of benzene rings is 1. The van der Waals surface area contributed by atoms with E-state index in [1.165, 1.54) is 5.56 Å². The highest BCUT2D eigenvalue weighted by Crippen LogP contribution is 2.20. The van der Waals surface area contributed by atoms with Crippen LogP contribution in [0.1, 0.15) is 31.2 Å². The molecule has 4 nitrogen and oxygen atoms in total. The summed E-state index contributed by atoms with van der Waals surface area (Å²) in [6.07, 6.45) is 0.913. The minimum Gasteiger partial charge on any atom is -0.330 e. The van der Waals surface area contributed by atoms with E-state index in [2.05, 4.69) is 48.2 Å². The Morgan fingerprint density at radius 3 is 2.39 bits per heavy atom. The molecule has 0 radical (unpaired) electrons. The fraction of sp³-hybridized carbons (Fsp3) is 0.429. The Morgan fingerprint density at radius 1 is 1.22 bits per heavy atom. The second-order valence-corrected chi connectivity index (χ2v) is 4.81. The van der Waals surface area contributed by atoms with Crippen molar-refractivity contribution >= 4 is 0 Å². The molecule has 0 atom stereocenters. The Morgan fingerprint density at radius 2 is 1.89 bits per heavy atom. The Kier molecular flexibility index (Phi) is 3.77. The van der Waals surface area contributed by atoms with Crippen LogP contribution in [0, 0.1) is 0 Å². The zero-order valence-corrected chi connectivity index (χ0v) is 11.2. The zero-order valence-electron chi connectivity index (χ0n) is 11.2. The average molecular weight is 244 g/mol. The molecule has 1 aromatic heterocycles. The highest BCUT2D eigenvalue weighted by Gasteiger charge is 2.11. The van der Waals surface area contributed by atoms with Crippen molar-refractivity contribution in [3.05, 3.63) is 35.7 Å². The van der Waals surface area contributed by atoms with Gasteiger partial charge >= 0.3 is 0 Å². The van der Waals surface area contributed by atoms with Crippen molar-refractivity contribution in [2.24, 2.45) is 12.8 Å². The van der Waals surface area contributed by atoms with Crippen LogP contribution in [-0.2, 0) is 13.5 Å². The molecule has 0 bridgehead atoms. The van der Waals surface area contributed by atoms with E-state index in [1.807, 2.05) is 11.7 Å². The number of aryl methyl sites for hydroxylation is 1. The lowest BCUT2D eigenvalue weighted by atomic mass is 10.1. The molecular weight excluding hydrogens is 224 g/mol. The molecule has 0 fully saturated rings. The van der Waals surface area contributed by atoms with E-state index in [9.17, 15) is 0 Å². The van der Waals surface area contributed by atoms with Gasteiger partial charge in [0.2, 0.25) is 0 Å². The molecule has 0 saturated heterocycles. The maximum atomic E-state index is 5.54. The largest absolute Gasteiger partial charge is 0.330 e. The van der Waals surface area contributed by atoms with Gasteiger partial charge in [0.15, 0.2) is 11.6 Å². The predicted molar refractivity (Wildman–Crippen MR) is 73.3 cm³/mol. The summed E-state index contributed by atoms with van der Waals surface area (Å²) in [7, 11) is 1.93. The van der Waals surface area contributed by atoms with Crippen LogP contribution in [0.4, 0.5) is 0 Å². The van der Waals surface area contributed by atoms with Gasteiger partial charge in [-0.05, 0) is 18.5 Å². The van der Waals surface area contributed by atoms with E-state index >= 15 is 0 Å². The molecule has 0 aliphatic carbocycles. The molecule has 4 heteroatoms. The van der Waals surface area contributed by atoms with E-state index in [0.717, 1.165) is 23.6 Å². The Bertz CT molecular complexity index is 511. The van der Waals surface area contributed by atoms with E-state index in [1.54, 1.807) is 0 Å². The van der Waals surface area contributed by atoms with Gasteiger partial charge in [-0.15, -0.1) is 0 Å². The molecule has 18 heavy (non-hydrogen) atoms. The number of rotatable bonds is 4. The van der Waals surface area contributed by atoms with E-state index < -0.39 is 0 Å². The molecule has 0 aliphatic heterocycles. The summed E-state index contributed by atoms with van der Waals surface area (Å²) < 4.78 is 1.84. The van der Waals surface area contributed by atoms with Crippen molar-refractivity contribution in [3.8, 4) is 11.4 Å². The van der Waals surface area contributed by atoms with Gasteiger partial charge in [0, 0.05) is 18.5 Å². The highest BCUT2D eigenvalue weighted by atomic mass is 15.3. The van der Waals surface area contributed by atoms with Crippen molar-refractivity contribution in [1.29, 1.82) is 0 Å². The zero-order chi connectivity index (χ0) is 13.1. The van der Waals surface area contributed by atoms with Gasteiger partial charge in [-0.2, -0.15) is 5.10 Å². The third kappa shape index (κ3) is 2.59. The summed E-state index contributed by atoms with van der Waals surface area (Å²) in [6, 6.07) is 8.37. The molecule has 0 spiro atoms. The second kappa shape index (κ2) is 5.31. The molecule has 2 rings (SSSR count). The van der Waals surface area contributed by atoms with Gasteiger partial charge in [0.25, 0.3) is 0 Å². The Hall–Kier alpha value is -1.68. The summed E-state index contributed by atoms with van der Waals surface area (Å²) >= 11 is 0. The van der Waals surface area contributed by atoms with Crippen molar-refractivity contribution in [2.75, 3.05) is 6.54 Å². The normalized spacial score (nSPS) is 11.2. The smallest absolute Gasteiger partial charge is 0.158 e. The predicted octanol–water partition coefficient (Wildman–Crippen LogP) is 2.11. The van der Waals surface area contributed by atoms with Crippen molar-refractivity contribution in [2.45, 2.75) is 26.2 Å². The maximum absolute atomic E-state index is 5.54. The summed E-state index contributed by atoms with van der Waals surface area (Å²) in [4.78, 5) is 4.58. The minimum atomic E-state index is 0.349. The minimum absolute atomic E-state index is 0.349. The van der Waals surface area contributed by atoms with Gasteiger partial charge < -0.3 is 5.73 Å². The van der Waals surface area contributed by atoms with Gasteiger partial charge in [0.05, 0.1) is 0 Å². The third-order valence-corrected chi connectivity index (χ3v) is 2.94. The monoisotopic (exact) mass is 244 g/mol. The molecule has 0 saturated carbocycles. The first-order valence-electron chi connectivity index (χ1n) is 6.32. The Labute approximate surface area is 108 Å². The molecule has 2 aromatic rings. The first-order chi connectivity index (χ1) is 8.61. The van der Waals surface area contributed by atoms with E-state index in [-0.39, 0.29) is 0 Å². The van der Waals surface area contributed by atoms with Crippen molar-refractivity contribution in [3.63, 3.8) is 0 Å². The molecular formula is C14H20N4.